The Morgan fingerprint density at radius 2 is 1.42 bits per heavy atom. The normalized spacial score (nSPS) is 22.9. The van der Waals surface area contributed by atoms with Gasteiger partial charge in [0.05, 0.1) is 17.7 Å². The molecule has 0 radical (unpaired) electrons. The predicted molar refractivity (Wildman–Crippen MR) is 98.4 cm³/mol. The van der Waals surface area contributed by atoms with Gasteiger partial charge in [0.25, 0.3) is 0 Å². The second-order valence-electron chi connectivity index (χ2n) is 7.08. The summed E-state index contributed by atoms with van der Waals surface area (Å²) >= 11 is 0. The van der Waals surface area contributed by atoms with Crippen LogP contribution in [0.2, 0.25) is 0 Å². The zero-order valence-corrected chi connectivity index (χ0v) is 14.9. The first-order chi connectivity index (χ1) is 11.5. The summed E-state index contributed by atoms with van der Waals surface area (Å²) in [5, 5.41) is 0. The van der Waals surface area contributed by atoms with Gasteiger partial charge in [0.15, 0.2) is 0 Å². The van der Waals surface area contributed by atoms with Crippen molar-refractivity contribution in [2.24, 2.45) is 21.8 Å². The Labute approximate surface area is 144 Å². The molecule has 0 fully saturated rings. The molecule has 128 valence electrons. The zero-order chi connectivity index (χ0) is 17.1. The maximum atomic E-state index is 5.89. The molecule has 0 bridgehead atoms. The maximum absolute atomic E-state index is 5.89. The monoisotopic (exact) mass is 326 g/mol. The molecule has 1 aromatic carbocycles. The highest BCUT2D eigenvalue weighted by Crippen LogP contribution is 2.24. The lowest BCUT2D eigenvalue weighted by Gasteiger charge is -2.07. The summed E-state index contributed by atoms with van der Waals surface area (Å²) in [6, 6.07) is 10.6. The maximum Gasteiger partial charge on any atom is 0.222 e. The van der Waals surface area contributed by atoms with Crippen LogP contribution in [0.25, 0.3) is 6.08 Å². The van der Waals surface area contributed by atoms with Crippen molar-refractivity contribution in [1.29, 1.82) is 0 Å². The number of ether oxygens (including phenoxy) is 2. The van der Waals surface area contributed by atoms with Crippen LogP contribution >= 0.6 is 0 Å². The van der Waals surface area contributed by atoms with Crippen molar-refractivity contribution in [1.82, 2.24) is 0 Å². The van der Waals surface area contributed by atoms with Gasteiger partial charge < -0.3 is 9.47 Å². The van der Waals surface area contributed by atoms with Crippen molar-refractivity contribution in [2.45, 2.75) is 39.8 Å². The van der Waals surface area contributed by atoms with Crippen LogP contribution in [0.5, 0.6) is 0 Å². The van der Waals surface area contributed by atoms with Gasteiger partial charge in [0, 0.05) is 0 Å². The van der Waals surface area contributed by atoms with Crippen molar-refractivity contribution in [3.63, 3.8) is 0 Å². The third-order valence-corrected chi connectivity index (χ3v) is 4.46. The van der Waals surface area contributed by atoms with Gasteiger partial charge in [-0.15, -0.1) is 0 Å². The highest BCUT2D eigenvalue weighted by molar-refractivity contribution is 6.22. The van der Waals surface area contributed by atoms with Crippen LogP contribution in [-0.2, 0) is 9.47 Å². The quantitative estimate of drug-likeness (QED) is 0.821. The summed E-state index contributed by atoms with van der Waals surface area (Å²) in [4.78, 5) is 9.53. The van der Waals surface area contributed by atoms with E-state index in [1.54, 1.807) is 0 Å². The molecular weight excluding hydrogens is 300 g/mol. The van der Waals surface area contributed by atoms with Gasteiger partial charge in [-0.2, -0.15) is 0 Å². The average molecular weight is 326 g/mol. The third-order valence-electron chi connectivity index (χ3n) is 4.46. The summed E-state index contributed by atoms with van der Waals surface area (Å²) in [6.45, 7) is 9.91. The van der Waals surface area contributed by atoms with Crippen molar-refractivity contribution < 1.29 is 9.47 Å². The lowest BCUT2D eigenvalue weighted by molar-refractivity contribution is 0.284. The fraction of sp³-hybridized carbons (Fsp3) is 0.500. The first-order valence-corrected chi connectivity index (χ1v) is 8.73. The van der Waals surface area contributed by atoms with Crippen molar-refractivity contribution in [2.75, 3.05) is 13.2 Å². The second kappa shape index (κ2) is 7.20. The molecule has 2 aliphatic heterocycles. The van der Waals surface area contributed by atoms with Crippen LogP contribution in [0.4, 0.5) is 0 Å². The first-order valence-electron chi connectivity index (χ1n) is 8.73. The SMILES string of the molecule is CC(C)[C@@H]1COC(C(=Cc2ccccc2)C2=N[C@H](C(C)C)CO2)=N1. The molecule has 2 aliphatic rings. The summed E-state index contributed by atoms with van der Waals surface area (Å²) in [7, 11) is 0. The number of hydrogen-bond donors (Lipinski definition) is 0. The average Bonchev–Trinajstić information content (AvgIpc) is 3.23. The molecule has 0 saturated carbocycles. The summed E-state index contributed by atoms with van der Waals surface area (Å²) in [6.07, 6.45) is 2.06. The molecule has 0 saturated heterocycles. The fourth-order valence-electron chi connectivity index (χ4n) is 2.69. The van der Waals surface area contributed by atoms with Crippen LogP contribution in [0.3, 0.4) is 0 Å². The van der Waals surface area contributed by atoms with Crippen LogP contribution in [0, 0.1) is 11.8 Å². The molecule has 0 unspecified atom stereocenters. The van der Waals surface area contributed by atoms with E-state index in [0.29, 0.717) is 36.8 Å². The summed E-state index contributed by atoms with van der Waals surface area (Å²) < 4.78 is 11.8. The van der Waals surface area contributed by atoms with Gasteiger partial charge >= 0.3 is 0 Å². The molecule has 3 rings (SSSR count). The summed E-state index contributed by atoms with van der Waals surface area (Å²) in [5.74, 6) is 2.21. The van der Waals surface area contributed by atoms with Crippen LogP contribution in [0.15, 0.2) is 45.9 Å². The van der Waals surface area contributed by atoms with Gasteiger partial charge in [-0.25, -0.2) is 9.98 Å². The molecule has 0 amide bonds. The van der Waals surface area contributed by atoms with Crippen LogP contribution in [-0.4, -0.2) is 37.1 Å². The number of hydrogen-bond acceptors (Lipinski definition) is 4. The largest absolute Gasteiger partial charge is 0.475 e. The van der Waals surface area contributed by atoms with Gasteiger partial charge in [0.2, 0.25) is 11.8 Å². The first kappa shape index (κ1) is 16.7. The van der Waals surface area contributed by atoms with Crippen LogP contribution < -0.4 is 0 Å². The number of nitrogens with zero attached hydrogens (tertiary/aromatic N) is 2. The van der Waals surface area contributed by atoms with Gasteiger partial charge in [-0.1, -0.05) is 58.0 Å². The Kier molecular flexibility index (Phi) is 5.03. The molecular formula is C20H26N2O2. The number of aliphatic imine (C=N–C) groups is 2. The lowest BCUT2D eigenvalue weighted by atomic mass is 10.1. The minimum Gasteiger partial charge on any atom is -0.475 e. The highest BCUT2D eigenvalue weighted by atomic mass is 16.5. The molecule has 4 heteroatoms. The molecule has 0 aliphatic carbocycles. The Bertz CT molecular complexity index is 623. The predicted octanol–water partition coefficient (Wildman–Crippen LogP) is 3.98. The molecule has 0 N–H and O–H groups in total. The fourth-order valence-corrected chi connectivity index (χ4v) is 2.69. The molecule has 2 atom stereocenters. The molecule has 4 nitrogen and oxygen atoms in total. The van der Waals surface area contributed by atoms with E-state index in [1.807, 2.05) is 18.2 Å². The minimum absolute atomic E-state index is 0.196. The minimum atomic E-state index is 0.196. The zero-order valence-electron chi connectivity index (χ0n) is 14.9. The van der Waals surface area contributed by atoms with Gasteiger partial charge in [-0.3, -0.25) is 0 Å². The van der Waals surface area contributed by atoms with Crippen molar-refractivity contribution in [3.05, 3.63) is 41.5 Å². The van der Waals surface area contributed by atoms with E-state index in [9.17, 15) is 0 Å². The topological polar surface area (TPSA) is 43.2 Å². The molecule has 1 aromatic rings. The van der Waals surface area contributed by atoms with Gasteiger partial charge in [-0.05, 0) is 23.5 Å². The smallest absolute Gasteiger partial charge is 0.222 e. The van der Waals surface area contributed by atoms with Gasteiger partial charge in [0.1, 0.15) is 13.2 Å². The Morgan fingerprint density at radius 3 is 1.83 bits per heavy atom. The molecule has 24 heavy (non-hydrogen) atoms. The Hall–Kier alpha value is -2.10. The van der Waals surface area contributed by atoms with E-state index < -0.39 is 0 Å². The standard InChI is InChI=1S/C20H26N2O2/c1-13(2)17-11-23-19(21-17)16(10-15-8-6-5-7-9-15)20-22-18(12-24-20)14(3)4/h5-10,13-14,17-18H,11-12H2,1-4H3/t17-,18-/m0/s1. The molecule has 0 aromatic heterocycles. The van der Waals surface area contributed by atoms with Crippen molar-refractivity contribution >= 4 is 17.9 Å². The lowest BCUT2D eigenvalue weighted by Crippen LogP contribution is -2.14. The molecule has 0 spiro atoms. The molecule has 2 heterocycles. The number of benzene rings is 1. The van der Waals surface area contributed by atoms with Crippen LogP contribution in [0.1, 0.15) is 33.3 Å². The van der Waals surface area contributed by atoms with E-state index in [-0.39, 0.29) is 12.1 Å². The van der Waals surface area contributed by atoms with E-state index in [2.05, 4.69) is 45.9 Å². The van der Waals surface area contributed by atoms with E-state index in [0.717, 1.165) is 11.1 Å². The number of rotatable bonds is 5. The van der Waals surface area contributed by atoms with Crippen molar-refractivity contribution in [3.8, 4) is 0 Å². The Balaban J connectivity index is 1.95. The third kappa shape index (κ3) is 3.69. The van der Waals surface area contributed by atoms with E-state index >= 15 is 0 Å². The van der Waals surface area contributed by atoms with E-state index in [1.165, 1.54) is 0 Å². The Morgan fingerprint density at radius 1 is 0.917 bits per heavy atom. The second-order valence-corrected chi connectivity index (χ2v) is 7.08. The highest BCUT2D eigenvalue weighted by Gasteiger charge is 2.31. The van der Waals surface area contributed by atoms with E-state index in [4.69, 9.17) is 19.5 Å². The summed E-state index contributed by atoms with van der Waals surface area (Å²) in [5.41, 5.74) is 1.94.